The fraction of sp³-hybridized carbons (Fsp3) is 0.167. The average molecular weight is 454 g/mol. The van der Waals surface area contributed by atoms with Crippen molar-refractivity contribution >= 4 is 22.1 Å². The molecule has 1 amide bonds. The van der Waals surface area contributed by atoms with Gasteiger partial charge in [0.05, 0.1) is 17.7 Å². The van der Waals surface area contributed by atoms with Crippen LogP contribution in [0.15, 0.2) is 88.9 Å². The number of aryl methyl sites for hydroxylation is 1. The van der Waals surface area contributed by atoms with Crippen molar-refractivity contribution in [3.05, 3.63) is 101 Å². The van der Waals surface area contributed by atoms with Crippen molar-refractivity contribution in [3.63, 3.8) is 0 Å². The van der Waals surface area contributed by atoms with E-state index in [-0.39, 0.29) is 11.4 Å². The van der Waals surface area contributed by atoms with Crippen molar-refractivity contribution in [1.29, 1.82) is 0 Å². The van der Waals surface area contributed by atoms with Crippen molar-refractivity contribution in [1.82, 2.24) is 9.73 Å². The molecule has 3 aromatic rings. The summed E-state index contributed by atoms with van der Waals surface area (Å²) in [4.78, 5) is 12.4. The number of hydrazone groups is 1. The minimum Gasteiger partial charge on any atom is -0.272 e. The van der Waals surface area contributed by atoms with Gasteiger partial charge in [0.1, 0.15) is 5.82 Å². The molecule has 0 radical (unpaired) electrons. The molecule has 32 heavy (non-hydrogen) atoms. The van der Waals surface area contributed by atoms with Gasteiger partial charge in [0, 0.05) is 6.54 Å². The summed E-state index contributed by atoms with van der Waals surface area (Å²) in [5.74, 6) is -1.13. The largest absolute Gasteiger partial charge is 0.272 e. The van der Waals surface area contributed by atoms with Gasteiger partial charge in [-0.05, 0) is 47.4 Å². The number of halogens is 1. The molecule has 0 aliphatic carbocycles. The predicted octanol–water partition coefficient (Wildman–Crippen LogP) is 3.73. The molecule has 0 bridgehead atoms. The molecule has 0 unspecified atom stereocenters. The third kappa shape index (κ3) is 6.32. The molecule has 166 valence electrons. The van der Waals surface area contributed by atoms with E-state index < -0.39 is 28.3 Å². The van der Waals surface area contributed by atoms with Crippen LogP contribution < -0.4 is 5.43 Å². The van der Waals surface area contributed by atoms with Gasteiger partial charge in [-0.15, -0.1) is 0 Å². The van der Waals surface area contributed by atoms with E-state index in [2.05, 4.69) is 17.5 Å². The highest BCUT2D eigenvalue weighted by Crippen LogP contribution is 2.19. The van der Waals surface area contributed by atoms with E-state index in [0.717, 1.165) is 28.4 Å². The third-order valence-corrected chi connectivity index (χ3v) is 6.57. The molecule has 0 saturated heterocycles. The van der Waals surface area contributed by atoms with Crippen LogP contribution in [0.2, 0.25) is 0 Å². The van der Waals surface area contributed by atoms with Crippen LogP contribution in [0.4, 0.5) is 4.39 Å². The summed E-state index contributed by atoms with van der Waals surface area (Å²) in [6.45, 7) is 1.60. The molecule has 8 heteroatoms. The maximum atomic E-state index is 13.3. The normalized spacial score (nSPS) is 11.7. The zero-order valence-electron chi connectivity index (χ0n) is 17.6. The Kier molecular flexibility index (Phi) is 7.86. The lowest BCUT2D eigenvalue weighted by atomic mass is 10.1. The maximum absolute atomic E-state index is 13.3. The maximum Gasteiger partial charge on any atom is 0.255 e. The van der Waals surface area contributed by atoms with E-state index in [1.54, 1.807) is 24.3 Å². The van der Waals surface area contributed by atoms with Gasteiger partial charge in [-0.3, -0.25) is 4.79 Å². The van der Waals surface area contributed by atoms with Crippen molar-refractivity contribution in [2.45, 2.75) is 24.8 Å². The van der Waals surface area contributed by atoms with Crippen molar-refractivity contribution in [3.8, 4) is 0 Å². The van der Waals surface area contributed by atoms with E-state index in [0.29, 0.717) is 5.56 Å². The quantitative estimate of drug-likeness (QED) is 0.396. The van der Waals surface area contributed by atoms with Crippen molar-refractivity contribution in [2.24, 2.45) is 5.10 Å². The fourth-order valence-electron chi connectivity index (χ4n) is 2.98. The van der Waals surface area contributed by atoms with Gasteiger partial charge in [0.15, 0.2) is 0 Å². The number of nitrogens with one attached hydrogen (secondary N) is 1. The number of nitrogens with zero attached hydrogens (tertiary/aromatic N) is 2. The number of rotatable bonds is 9. The van der Waals surface area contributed by atoms with Crippen molar-refractivity contribution in [2.75, 3.05) is 6.54 Å². The molecule has 0 atom stereocenters. The molecule has 0 saturated carbocycles. The molecule has 0 aromatic heterocycles. The van der Waals surface area contributed by atoms with Gasteiger partial charge in [-0.25, -0.2) is 18.2 Å². The van der Waals surface area contributed by atoms with Crippen LogP contribution in [0, 0.1) is 5.82 Å². The number of carbonyl (C=O) groups is 1. The SMILES string of the molecule is CCc1ccc(/C=N\NC(=O)CN(Cc2ccccc2)S(=O)(=O)c2ccc(F)cc2)cc1. The minimum absolute atomic E-state index is 0.0177. The minimum atomic E-state index is -4.04. The first-order chi connectivity index (χ1) is 15.4. The van der Waals surface area contributed by atoms with Gasteiger partial charge < -0.3 is 0 Å². The number of sulfonamides is 1. The summed E-state index contributed by atoms with van der Waals surface area (Å²) >= 11 is 0. The zero-order chi connectivity index (χ0) is 23.0. The molecular formula is C24H24FN3O3S. The van der Waals surface area contributed by atoms with E-state index in [1.165, 1.54) is 23.9 Å². The molecular weight excluding hydrogens is 429 g/mol. The molecule has 3 aromatic carbocycles. The second-order valence-corrected chi connectivity index (χ2v) is 9.04. The lowest BCUT2D eigenvalue weighted by Crippen LogP contribution is -2.39. The topological polar surface area (TPSA) is 78.8 Å². The number of hydrogen-bond acceptors (Lipinski definition) is 4. The van der Waals surface area contributed by atoms with Crippen molar-refractivity contribution < 1.29 is 17.6 Å². The highest BCUT2D eigenvalue weighted by atomic mass is 32.2. The summed E-state index contributed by atoms with van der Waals surface area (Å²) in [6, 6.07) is 21.1. The molecule has 1 N–H and O–H groups in total. The molecule has 3 rings (SSSR count). The first-order valence-corrected chi connectivity index (χ1v) is 11.5. The van der Waals surface area contributed by atoms with Crippen LogP contribution in [-0.2, 0) is 27.8 Å². The van der Waals surface area contributed by atoms with Crippen LogP contribution >= 0.6 is 0 Å². The third-order valence-electron chi connectivity index (χ3n) is 4.76. The number of hydrogen-bond donors (Lipinski definition) is 1. The molecule has 0 aliphatic rings. The molecule has 6 nitrogen and oxygen atoms in total. The number of carbonyl (C=O) groups excluding carboxylic acids is 1. The predicted molar refractivity (Wildman–Crippen MR) is 122 cm³/mol. The van der Waals surface area contributed by atoms with Crippen LogP contribution in [0.1, 0.15) is 23.6 Å². The highest BCUT2D eigenvalue weighted by Gasteiger charge is 2.27. The van der Waals surface area contributed by atoms with Gasteiger partial charge in [-0.1, -0.05) is 61.5 Å². The van der Waals surface area contributed by atoms with E-state index in [1.807, 2.05) is 30.3 Å². The second-order valence-electron chi connectivity index (χ2n) is 7.10. The Hall–Kier alpha value is -3.36. The van der Waals surface area contributed by atoms with E-state index >= 15 is 0 Å². The summed E-state index contributed by atoms with van der Waals surface area (Å²) in [5, 5.41) is 3.93. The van der Waals surface area contributed by atoms with Crippen LogP contribution in [-0.4, -0.2) is 31.4 Å². The summed E-state index contributed by atoms with van der Waals surface area (Å²) in [7, 11) is -4.04. The summed E-state index contributed by atoms with van der Waals surface area (Å²) in [5.41, 5.74) is 5.08. The first-order valence-electron chi connectivity index (χ1n) is 10.1. The van der Waals surface area contributed by atoms with Crippen LogP contribution in [0.5, 0.6) is 0 Å². The Morgan fingerprint density at radius 1 is 0.969 bits per heavy atom. The van der Waals surface area contributed by atoms with E-state index in [9.17, 15) is 17.6 Å². The average Bonchev–Trinajstić information content (AvgIpc) is 2.80. The lowest BCUT2D eigenvalue weighted by Gasteiger charge is -2.21. The fourth-order valence-corrected chi connectivity index (χ4v) is 4.37. The lowest BCUT2D eigenvalue weighted by molar-refractivity contribution is -0.121. The van der Waals surface area contributed by atoms with Crippen LogP contribution in [0.3, 0.4) is 0 Å². The van der Waals surface area contributed by atoms with Gasteiger partial charge in [0.25, 0.3) is 5.91 Å². The van der Waals surface area contributed by atoms with Gasteiger partial charge >= 0.3 is 0 Å². The van der Waals surface area contributed by atoms with Crippen LogP contribution in [0.25, 0.3) is 0 Å². The van der Waals surface area contributed by atoms with E-state index in [4.69, 9.17) is 0 Å². The summed E-state index contributed by atoms with van der Waals surface area (Å²) in [6.07, 6.45) is 2.42. The van der Waals surface area contributed by atoms with Gasteiger partial charge in [-0.2, -0.15) is 9.41 Å². The second kappa shape index (κ2) is 10.8. The standard InChI is InChI=1S/C24H24FN3O3S/c1-2-19-8-10-20(11-9-19)16-26-27-24(29)18-28(17-21-6-4-3-5-7-21)32(30,31)23-14-12-22(25)13-15-23/h3-16H,2,17-18H2,1H3,(H,27,29)/b26-16-. The molecule has 0 spiro atoms. The smallest absolute Gasteiger partial charge is 0.255 e. The monoisotopic (exact) mass is 453 g/mol. The Labute approximate surface area is 187 Å². The highest BCUT2D eigenvalue weighted by molar-refractivity contribution is 7.89. The zero-order valence-corrected chi connectivity index (χ0v) is 18.4. The summed E-state index contributed by atoms with van der Waals surface area (Å²) < 4.78 is 40.6. The molecule has 0 fully saturated rings. The van der Waals surface area contributed by atoms with Gasteiger partial charge in [0.2, 0.25) is 10.0 Å². The molecule has 0 heterocycles. The Balaban J connectivity index is 1.74. The number of amides is 1. The first kappa shape index (κ1) is 23.3. The Bertz CT molecular complexity index is 1160. The Morgan fingerprint density at radius 2 is 1.62 bits per heavy atom. The number of benzene rings is 3. The molecule has 0 aliphatic heterocycles. The Morgan fingerprint density at radius 3 is 2.25 bits per heavy atom.